The summed E-state index contributed by atoms with van der Waals surface area (Å²) in [4.78, 5) is 10.0. The fourth-order valence-corrected chi connectivity index (χ4v) is 1.72. The van der Waals surface area contributed by atoms with Crippen molar-refractivity contribution >= 4 is 5.95 Å². The molecule has 0 amide bonds. The quantitative estimate of drug-likeness (QED) is 0.788. The lowest BCUT2D eigenvalue weighted by Crippen LogP contribution is -2.19. The number of rotatable bonds is 3. The van der Waals surface area contributed by atoms with Crippen molar-refractivity contribution < 1.29 is 9.13 Å². The predicted octanol–water partition coefficient (Wildman–Crippen LogP) is 1.96. The molecule has 1 saturated carbocycles. The van der Waals surface area contributed by atoms with E-state index in [1.54, 1.807) is 4.90 Å². The van der Waals surface area contributed by atoms with Gasteiger partial charge in [0.2, 0.25) is 11.8 Å². The van der Waals surface area contributed by atoms with Crippen LogP contribution in [-0.2, 0) is 0 Å². The highest BCUT2D eigenvalue weighted by molar-refractivity contribution is 5.35. The van der Waals surface area contributed by atoms with E-state index < -0.39 is 5.82 Å². The van der Waals surface area contributed by atoms with Gasteiger partial charge in [0.25, 0.3) is 5.88 Å². The smallest absolute Gasteiger partial charge is 0.255 e. The standard InChI is InChI=1S/C11H16FN3O/c1-15(2)11-13-9(7-5-4-6-7)8(12)10(14-11)16-3/h7H,4-6H2,1-3H3. The van der Waals surface area contributed by atoms with E-state index in [2.05, 4.69) is 9.97 Å². The Morgan fingerprint density at radius 1 is 1.31 bits per heavy atom. The Labute approximate surface area is 94.5 Å². The van der Waals surface area contributed by atoms with Crippen LogP contribution < -0.4 is 9.64 Å². The Kier molecular flexibility index (Phi) is 2.94. The second-order valence-electron chi connectivity index (χ2n) is 4.25. The lowest BCUT2D eigenvalue weighted by molar-refractivity contribution is 0.345. The molecule has 1 aromatic heterocycles. The summed E-state index contributed by atoms with van der Waals surface area (Å²) in [5, 5.41) is 0. The van der Waals surface area contributed by atoms with Crippen LogP contribution in [0.2, 0.25) is 0 Å². The highest BCUT2D eigenvalue weighted by Gasteiger charge is 2.27. The Bertz CT molecular complexity index is 391. The van der Waals surface area contributed by atoms with Gasteiger partial charge in [0.05, 0.1) is 12.8 Å². The Morgan fingerprint density at radius 2 is 2.00 bits per heavy atom. The Hall–Kier alpha value is -1.39. The first-order valence-electron chi connectivity index (χ1n) is 5.42. The van der Waals surface area contributed by atoms with Crippen molar-refractivity contribution in [1.29, 1.82) is 0 Å². The molecule has 1 aromatic rings. The molecule has 0 unspecified atom stereocenters. The molecule has 0 aliphatic heterocycles. The number of hydrogen-bond acceptors (Lipinski definition) is 4. The number of nitrogens with zero attached hydrogens (tertiary/aromatic N) is 3. The first-order valence-corrected chi connectivity index (χ1v) is 5.42. The van der Waals surface area contributed by atoms with Gasteiger partial charge >= 0.3 is 0 Å². The van der Waals surface area contributed by atoms with Crippen molar-refractivity contribution in [3.05, 3.63) is 11.5 Å². The number of ether oxygens (including phenoxy) is 1. The third kappa shape index (κ3) is 1.81. The van der Waals surface area contributed by atoms with Gasteiger partial charge in [-0.2, -0.15) is 9.37 Å². The number of methoxy groups -OCH3 is 1. The van der Waals surface area contributed by atoms with Crippen LogP contribution in [0.3, 0.4) is 0 Å². The van der Waals surface area contributed by atoms with Crippen LogP contribution in [-0.4, -0.2) is 31.2 Å². The summed E-state index contributed by atoms with van der Waals surface area (Å²) in [6.07, 6.45) is 3.15. The minimum absolute atomic E-state index is 0.0422. The Morgan fingerprint density at radius 3 is 2.44 bits per heavy atom. The van der Waals surface area contributed by atoms with Crippen molar-refractivity contribution in [2.75, 3.05) is 26.1 Å². The van der Waals surface area contributed by atoms with Gasteiger partial charge in [-0.05, 0) is 12.8 Å². The average molecular weight is 225 g/mol. The molecule has 1 aliphatic rings. The highest BCUT2D eigenvalue weighted by Crippen LogP contribution is 2.38. The van der Waals surface area contributed by atoms with Crippen LogP contribution in [0.15, 0.2) is 0 Å². The van der Waals surface area contributed by atoms with E-state index >= 15 is 0 Å². The van der Waals surface area contributed by atoms with Crippen LogP contribution in [0.25, 0.3) is 0 Å². The van der Waals surface area contributed by atoms with Crippen LogP contribution in [0.1, 0.15) is 30.9 Å². The lowest BCUT2D eigenvalue weighted by Gasteiger charge is -2.26. The number of halogens is 1. The molecule has 1 fully saturated rings. The second kappa shape index (κ2) is 4.23. The highest BCUT2D eigenvalue weighted by atomic mass is 19.1. The molecular weight excluding hydrogens is 209 g/mol. The summed E-state index contributed by atoms with van der Waals surface area (Å²) in [6.45, 7) is 0. The summed E-state index contributed by atoms with van der Waals surface area (Å²) in [5.41, 5.74) is 0.502. The van der Waals surface area contributed by atoms with Gasteiger partial charge in [0, 0.05) is 20.0 Å². The van der Waals surface area contributed by atoms with Crippen molar-refractivity contribution in [3.8, 4) is 5.88 Å². The molecule has 0 saturated heterocycles. The lowest BCUT2D eigenvalue weighted by atomic mass is 9.82. The van der Waals surface area contributed by atoms with Gasteiger partial charge in [-0.25, -0.2) is 4.98 Å². The third-order valence-corrected chi connectivity index (χ3v) is 2.92. The van der Waals surface area contributed by atoms with E-state index in [0.29, 0.717) is 11.6 Å². The molecular formula is C11H16FN3O. The average Bonchev–Trinajstić information content (AvgIpc) is 2.18. The second-order valence-corrected chi connectivity index (χ2v) is 4.25. The summed E-state index contributed by atoms with van der Waals surface area (Å²) < 4.78 is 18.9. The van der Waals surface area contributed by atoms with E-state index in [0.717, 1.165) is 19.3 Å². The molecule has 1 aliphatic carbocycles. The fraction of sp³-hybridized carbons (Fsp3) is 0.636. The summed E-state index contributed by atoms with van der Waals surface area (Å²) in [7, 11) is 5.09. The van der Waals surface area contributed by atoms with Crippen molar-refractivity contribution in [2.45, 2.75) is 25.2 Å². The normalized spacial score (nSPS) is 15.8. The van der Waals surface area contributed by atoms with Gasteiger partial charge in [-0.3, -0.25) is 0 Å². The zero-order valence-electron chi connectivity index (χ0n) is 9.83. The zero-order chi connectivity index (χ0) is 11.7. The fourth-order valence-electron chi connectivity index (χ4n) is 1.72. The predicted molar refractivity (Wildman–Crippen MR) is 59.5 cm³/mol. The van der Waals surface area contributed by atoms with Crippen molar-refractivity contribution in [1.82, 2.24) is 9.97 Å². The molecule has 1 heterocycles. The van der Waals surface area contributed by atoms with Crippen LogP contribution in [0.4, 0.5) is 10.3 Å². The molecule has 0 aromatic carbocycles. The van der Waals surface area contributed by atoms with E-state index in [1.807, 2.05) is 14.1 Å². The molecule has 0 spiro atoms. The van der Waals surface area contributed by atoms with E-state index in [1.165, 1.54) is 7.11 Å². The van der Waals surface area contributed by atoms with E-state index in [9.17, 15) is 4.39 Å². The first kappa shape index (κ1) is 11.1. The van der Waals surface area contributed by atoms with Gasteiger partial charge in [0.1, 0.15) is 0 Å². The molecule has 0 N–H and O–H groups in total. The van der Waals surface area contributed by atoms with E-state index in [-0.39, 0.29) is 11.8 Å². The first-order chi connectivity index (χ1) is 7.63. The molecule has 0 radical (unpaired) electrons. The molecule has 0 atom stereocenters. The topological polar surface area (TPSA) is 38.2 Å². The monoisotopic (exact) mass is 225 g/mol. The maximum atomic E-state index is 13.9. The van der Waals surface area contributed by atoms with Crippen LogP contribution in [0, 0.1) is 5.82 Å². The van der Waals surface area contributed by atoms with Crippen molar-refractivity contribution in [3.63, 3.8) is 0 Å². The molecule has 16 heavy (non-hydrogen) atoms. The SMILES string of the molecule is COc1nc(N(C)C)nc(C2CCC2)c1F. The number of hydrogen-bond donors (Lipinski definition) is 0. The Balaban J connectivity index is 2.44. The minimum atomic E-state index is -0.405. The summed E-state index contributed by atoms with van der Waals surface area (Å²) in [5.74, 6) is 0.370. The maximum absolute atomic E-state index is 13.9. The van der Waals surface area contributed by atoms with Crippen LogP contribution in [0.5, 0.6) is 5.88 Å². The van der Waals surface area contributed by atoms with Crippen LogP contribution >= 0.6 is 0 Å². The zero-order valence-corrected chi connectivity index (χ0v) is 9.83. The van der Waals surface area contributed by atoms with Gasteiger partial charge in [-0.15, -0.1) is 0 Å². The number of anilines is 1. The third-order valence-electron chi connectivity index (χ3n) is 2.92. The molecule has 4 nitrogen and oxygen atoms in total. The largest absolute Gasteiger partial charge is 0.479 e. The summed E-state index contributed by atoms with van der Waals surface area (Å²) >= 11 is 0. The van der Waals surface area contributed by atoms with Gasteiger partial charge in [-0.1, -0.05) is 6.42 Å². The van der Waals surface area contributed by atoms with Crippen molar-refractivity contribution in [2.24, 2.45) is 0 Å². The van der Waals surface area contributed by atoms with Gasteiger partial charge < -0.3 is 9.64 Å². The van der Waals surface area contributed by atoms with E-state index in [4.69, 9.17) is 4.74 Å². The molecule has 2 rings (SSSR count). The van der Waals surface area contributed by atoms with Gasteiger partial charge in [0.15, 0.2) is 0 Å². The minimum Gasteiger partial charge on any atom is -0.479 e. The summed E-state index contributed by atoms with van der Waals surface area (Å²) in [6, 6.07) is 0. The molecule has 88 valence electrons. The molecule has 5 heteroatoms. The maximum Gasteiger partial charge on any atom is 0.255 e. The molecule has 0 bridgehead atoms. The number of aromatic nitrogens is 2.